The Kier molecular flexibility index (Phi) is 10.9. The van der Waals surface area contributed by atoms with Crippen LogP contribution in [0.5, 0.6) is 0 Å². The molecule has 2 amide bonds. The van der Waals surface area contributed by atoms with Crippen molar-refractivity contribution in [2.75, 3.05) is 40.4 Å². The number of ether oxygens (including phenoxy) is 2. The van der Waals surface area contributed by atoms with Crippen LogP contribution in [0.1, 0.15) is 65.2 Å². The lowest BCUT2D eigenvalue weighted by Gasteiger charge is -2.48. The van der Waals surface area contributed by atoms with Crippen LogP contribution >= 0.6 is 0 Å². The predicted octanol–water partition coefficient (Wildman–Crippen LogP) is 2.40. The maximum atomic E-state index is 14.3. The van der Waals surface area contributed by atoms with Crippen molar-refractivity contribution in [1.29, 1.82) is 0 Å². The monoisotopic (exact) mass is 551 g/mol. The van der Waals surface area contributed by atoms with Crippen LogP contribution in [0.4, 0.5) is 4.39 Å². The van der Waals surface area contributed by atoms with Crippen LogP contribution in [0.3, 0.4) is 0 Å². The molecule has 4 aliphatic rings. The first-order valence-corrected chi connectivity index (χ1v) is 15.0. The van der Waals surface area contributed by atoms with Gasteiger partial charge in [0, 0.05) is 46.8 Å². The van der Waals surface area contributed by atoms with Crippen LogP contribution in [0.15, 0.2) is 4.99 Å². The number of carbonyl (C=O) groups is 2. The van der Waals surface area contributed by atoms with E-state index in [4.69, 9.17) is 9.47 Å². The normalized spacial score (nSPS) is 38.8. The van der Waals surface area contributed by atoms with Crippen LogP contribution < -0.4 is 21.3 Å². The molecule has 222 valence electrons. The molecule has 0 aromatic carbocycles. The Morgan fingerprint density at radius 2 is 1.69 bits per heavy atom. The zero-order valence-corrected chi connectivity index (χ0v) is 24.2. The molecule has 4 rings (SSSR count). The summed E-state index contributed by atoms with van der Waals surface area (Å²) < 4.78 is 25.5. The molecule has 3 fully saturated rings. The highest BCUT2D eigenvalue weighted by atomic mass is 19.1. The quantitative estimate of drug-likeness (QED) is 0.350. The van der Waals surface area contributed by atoms with Gasteiger partial charge in [-0.1, -0.05) is 6.92 Å². The van der Waals surface area contributed by atoms with E-state index in [0.717, 1.165) is 57.7 Å². The highest BCUT2D eigenvalue weighted by Crippen LogP contribution is 2.45. The molecule has 9 unspecified atom stereocenters. The zero-order chi connectivity index (χ0) is 27.9. The van der Waals surface area contributed by atoms with Gasteiger partial charge in [-0.3, -0.25) is 14.6 Å². The van der Waals surface area contributed by atoms with Gasteiger partial charge in [-0.25, -0.2) is 4.39 Å². The minimum atomic E-state index is -0.760. The summed E-state index contributed by atoms with van der Waals surface area (Å²) in [6, 6.07) is -0.255. The molecule has 0 spiro atoms. The summed E-state index contributed by atoms with van der Waals surface area (Å²) in [6.45, 7) is 6.56. The van der Waals surface area contributed by atoms with Gasteiger partial charge >= 0.3 is 0 Å². The third-order valence-corrected chi connectivity index (χ3v) is 9.70. The van der Waals surface area contributed by atoms with E-state index >= 15 is 0 Å². The molecule has 39 heavy (non-hydrogen) atoms. The minimum absolute atomic E-state index is 0.000111. The standard InChI is InChI=1S/C29H50FN5O4/c1-17-9-21(30)5-6-24(17)25-12-20(16-34-29-31-7-8-32-29)13-26(27(25)35-18(2)36)28(37)33-15-19-10-22(38-3)14-23(11-19)39-4/h17,19-27H,5-16H2,1-4H3,(H,33,37)(H,35,36)(H2,31,32,34). The van der Waals surface area contributed by atoms with Crippen molar-refractivity contribution >= 4 is 17.8 Å². The number of hydrogen-bond donors (Lipinski definition) is 4. The number of nitrogens with zero attached hydrogens (tertiary/aromatic N) is 1. The fourth-order valence-electron chi connectivity index (χ4n) is 7.75. The van der Waals surface area contributed by atoms with Crippen molar-refractivity contribution in [1.82, 2.24) is 21.3 Å². The van der Waals surface area contributed by atoms with Crippen LogP contribution in [-0.4, -0.2) is 82.6 Å². The molecular weight excluding hydrogens is 501 g/mol. The Balaban J connectivity index is 1.49. The summed E-state index contributed by atoms with van der Waals surface area (Å²) in [6.07, 6.45) is 5.66. The minimum Gasteiger partial charge on any atom is -0.381 e. The van der Waals surface area contributed by atoms with Crippen molar-refractivity contribution in [2.45, 2.75) is 89.6 Å². The van der Waals surface area contributed by atoms with E-state index in [2.05, 4.69) is 33.2 Å². The van der Waals surface area contributed by atoms with Crippen molar-refractivity contribution in [3.8, 4) is 0 Å². The number of halogens is 1. The highest BCUT2D eigenvalue weighted by molar-refractivity contribution is 5.82. The zero-order valence-electron chi connectivity index (χ0n) is 24.2. The number of carbonyl (C=O) groups excluding carboxylic acids is 2. The molecule has 3 aliphatic carbocycles. The first kappa shape index (κ1) is 30.0. The average molecular weight is 552 g/mol. The molecule has 3 saturated carbocycles. The summed E-state index contributed by atoms with van der Waals surface area (Å²) >= 11 is 0. The number of hydrogen-bond acceptors (Lipinski definition) is 7. The average Bonchev–Trinajstić information content (AvgIpc) is 3.44. The van der Waals surface area contributed by atoms with Crippen LogP contribution in [-0.2, 0) is 19.1 Å². The number of guanidine groups is 1. The molecule has 0 saturated heterocycles. The van der Waals surface area contributed by atoms with Crippen LogP contribution in [0, 0.1) is 35.5 Å². The van der Waals surface area contributed by atoms with Crippen molar-refractivity contribution in [3.05, 3.63) is 0 Å². The molecule has 10 heteroatoms. The molecule has 0 aromatic heterocycles. The lowest BCUT2D eigenvalue weighted by atomic mass is 9.61. The fraction of sp³-hybridized carbons (Fsp3) is 0.897. The summed E-state index contributed by atoms with van der Waals surface area (Å²) in [4.78, 5) is 30.7. The van der Waals surface area contributed by atoms with Gasteiger partial charge < -0.3 is 30.7 Å². The molecule has 1 heterocycles. The van der Waals surface area contributed by atoms with E-state index in [-0.39, 0.29) is 65.6 Å². The predicted molar refractivity (Wildman–Crippen MR) is 149 cm³/mol. The first-order chi connectivity index (χ1) is 18.8. The number of alkyl halides is 1. The van der Waals surface area contributed by atoms with Gasteiger partial charge in [0.05, 0.1) is 24.7 Å². The molecular formula is C29H50FN5O4. The van der Waals surface area contributed by atoms with E-state index in [1.54, 1.807) is 14.2 Å². The SMILES string of the molecule is COC1CC(CNC(=O)C2CC(CNC3=NCCN3)CC(C3CCC(F)CC3C)C2NC(C)=O)CC(OC)C1. The number of rotatable bonds is 9. The maximum absolute atomic E-state index is 14.3. The van der Waals surface area contributed by atoms with Crippen molar-refractivity contribution < 1.29 is 23.5 Å². The number of aliphatic imine (C=N–C) groups is 1. The first-order valence-electron chi connectivity index (χ1n) is 15.0. The van der Waals surface area contributed by atoms with E-state index in [1.807, 2.05) is 0 Å². The van der Waals surface area contributed by atoms with Gasteiger partial charge in [0.15, 0.2) is 5.96 Å². The topological polar surface area (TPSA) is 113 Å². The summed E-state index contributed by atoms with van der Waals surface area (Å²) in [5, 5.41) is 13.2. The van der Waals surface area contributed by atoms with Crippen LogP contribution in [0.25, 0.3) is 0 Å². The third kappa shape index (κ3) is 8.06. The van der Waals surface area contributed by atoms with E-state index < -0.39 is 6.17 Å². The van der Waals surface area contributed by atoms with Gasteiger partial charge in [-0.05, 0) is 81.0 Å². The maximum Gasteiger partial charge on any atom is 0.225 e. The van der Waals surface area contributed by atoms with Gasteiger partial charge in [-0.2, -0.15) is 0 Å². The van der Waals surface area contributed by atoms with Crippen molar-refractivity contribution in [2.24, 2.45) is 40.5 Å². The smallest absolute Gasteiger partial charge is 0.225 e. The Morgan fingerprint density at radius 3 is 2.31 bits per heavy atom. The second-order valence-corrected chi connectivity index (χ2v) is 12.5. The Morgan fingerprint density at radius 1 is 0.974 bits per heavy atom. The molecule has 0 bridgehead atoms. The largest absolute Gasteiger partial charge is 0.381 e. The lowest BCUT2D eigenvalue weighted by molar-refractivity contribution is -0.131. The van der Waals surface area contributed by atoms with Gasteiger partial charge in [-0.15, -0.1) is 0 Å². The number of methoxy groups -OCH3 is 2. The summed E-state index contributed by atoms with van der Waals surface area (Å²) in [5.74, 6) is 1.50. The number of nitrogens with one attached hydrogen (secondary N) is 4. The van der Waals surface area contributed by atoms with Gasteiger partial charge in [0.2, 0.25) is 11.8 Å². The van der Waals surface area contributed by atoms with Crippen LogP contribution in [0.2, 0.25) is 0 Å². The Hall–Kier alpha value is -1.94. The molecule has 4 N–H and O–H groups in total. The lowest BCUT2D eigenvalue weighted by Crippen LogP contribution is -2.57. The van der Waals surface area contributed by atoms with Crippen molar-refractivity contribution in [3.63, 3.8) is 0 Å². The second-order valence-electron chi connectivity index (χ2n) is 12.5. The molecule has 1 aliphatic heterocycles. The molecule has 9 nitrogen and oxygen atoms in total. The van der Waals surface area contributed by atoms with Gasteiger partial charge in [0.1, 0.15) is 6.17 Å². The molecule has 9 atom stereocenters. The Labute approximate surface area is 233 Å². The number of amides is 2. The summed E-state index contributed by atoms with van der Waals surface area (Å²) in [7, 11) is 3.47. The molecule has 0 aromatic rings. The van der Waals surface area contributed by atoms with Gasteiger partial charge in [0.25, 0.3) is 0 Å². The summed E-state index contributed by atoms with van der Waals surface area (Å²) in [5.41, 5.74) is 0. The van der Waals surface area contributed by atoms with E-state index in [9.17, 15) is 14.0 Å². The molecule has 0 radical (unpaired) electrons. The van der Waals surface area contributed by atoms with E-state index in [0.29, 0.717) is 25.8 Å². The van der Waals surface area contributed by atoms with E-state index in [1.165, 1.54) is 6.92 Å². The second kappa shape index (κ2) is 14.1. The fourth-order valence-corrected chi connectivity index (χ4v) is 7.75. The highest BCUT2D eigenvalue weighted by Gasteiger charge is 2.47. The third-order valence-electron chi connectivity index (χ3n) is 9.70. The Bertz CT molecular complexity index is 848.